The van der Waals surface area contributed by atoms with Crippen LogP contribution >= 0.6 is 0 Å². The van der Waals surface area contributed by atoms with Crippen LogP contribution in [0.1, 0.15) is 43.2 Å². The van der Waals surface area contributed by atoms with Crippen LogP contribution < -0.4 is 5.32 Å². The Morgan fingerprint density at radius 2 is 1.89 bits per heavy atom. The molecule has 0 aliphatic heterocycles. The van der Waals surface area contributed by atoms with Crippen molar-refractivity contribution in [3.63, 3.8) is 0 Å². The summed E-state index contributed by atoms with van der Waals surface area (Å²) in [7, 11) is 1.91. The fourth-order valence-electron chi connectivity index (χ4n) is 2.71. The average Bonchev–Trinajstić information content (AvgIpc) is 2.43. The summed E-state index contributed by atoms with van der Waals surface area (Å²) in [4.78, 5) is 14.2. The van der Waals surface area contributed by atoms with Crippen LogP contribution in [0.15, 0.2) is 18.2 Å². The van der Waals surface area contributed by atoms with E-state index in [-0.39, 0.29) is 6.03 Å². The van der Waals surface area contributed by atoms with E-state index in [1.165, 1.54) is 24.8 Å². The van der Waals surface area contributed by atoms with Gasteiger partial charge in [0.15, 0.2) is 0 Å². The second-order valence-corrected chi connectivity index (χ2v) is 5.65. The van der Waals surface area contributed by atoms with Crippen LogP contribution in [0.25, 0.3) is 0 Å². The van der Waals surface area contributed by atoms with Crippen LogP contribution in [0.5, 0.6) is 0 Å². The topological polar surface area (TPSA) is 32.3 Å². The van der Waals surface area contributed by atoms with E-state index in [0.717, 1.165) is 24.1 Å². The molecule has 2 amide bonds. The summed E-state index contributed by atoms with van der Waals surface area (Å²) in [6.45, 7) is 4.07. The highest BCUT2D eigenvalue weighted by molar-refractivity contribution is 5.90. The Bertz CT molecular complexity index is 450. The fraction of sp³-hybridized carbons (Fsp3) is 0.562. The second-order valence-electron chi connectivity index (χ2n) is 5.65. The van der Waals surface area contributed by atoms with Crippen molar-refractivity contribution in [3.8, 4) is 0 Å². The summed E-state index contributed by atoms with van der Waals surface area (Å²) in [5.41, 5.74) is 3.20. The molecule has 1 N–H and O–H groups in total. The Labute approximate surface area is 116 Å². The highest BCUT2D eigenvalue weighted by Gasteiger charge is 2.22. The molecule has 3 heteroatoms. The number of carbonyl (C=O) groups excluding carboxylic acids is 1. The van der Waals surface area contributed by atoms with Crippen LogP contribution in [0, 0.1) is 13.8 Å². The molecule has 1 fully saturated rings. The van der Waals surface area contributed by atoms with Crippen molar-refractivity contribution in [3.05, 3.63) is 29.3 Å². The van der Waals surface area contributed by atoms with Gasteiger partial charge in [-0.1, -0.05) is 31.4 Å². The molecule has 0 bridgehead atoms. The predicted molar refractivity (Wildman–Crippen MR) is 79.6 cm³/mol. The third-order valence-electron chi connectivity index (χ3n) is 4.08. The largest absolute Gasteiger partial charge is 0.325 e. The van der Waals surface area contributed by atoms with Crippen molar-refractivity contribution in [2.45, 2.75) is 52.0 Å². The maximum atomic E-state index is 12.3. The SMILES string of the molecule is Cc1ccc(C)c(NC(=O)N(C)C2CCCCC2)c1. The minimum atomic E-state index is 0.0144. The molecule has 0 atom stereocenters. The highest BCUT2D eigenvalue weighted by Crippen LogP contribution is 2.23. The number of urea groups is 1. The Morgan fingerprint density at radius 3 is 2.58 bits per heavy atom. The maximum absolute atomic E-state index is 12.3. The summed E-state index contributed by atoms with van der Waals surface area (Å²) in [5.74, 6) is 0. The molecule has 1 aromatic carbocycles. The number of rotatable bonds is 2. The first-order valence-electron chi connectivity index (χ1n) is 7.19. The van der Waals surface area contributed by atoms with Crippen LogP contribution in [0.2, 0.25) is 0 Å². The summed E-state index contributed by atoms with van der Waals surface area (Å²) >= 11 is 0. The molecule has 0 radical (unpaired) electrons. The number of anilines is 1. The minimum Gasteiger partial charge on any atom is -0.325 e. The minimum absolute atomic E-state index is 0.0144. The van der Waals surface area contributed by atoms with Crippen molar-refractivity contribution in [1.82, 2.24) is 4.90 Å². The number of carbonyl (C=O) groups is 1. The van der Waals surface area contributed by atoms with E-state index < -0.39 is 0 Å². The first-order chi connectivity index (χ1) is 9.08. The van der Waals surface area contributed by atoms with E-state index in [1.54, 1.807) is 0 Å². The molecule has 0 unspecified atom stereocenters. The summed E-state index contributed by atoms with van der Waals surface area (Å²) < 4.78 is 0. The zero-order chi connectivity index (χ0) is 13.8. The van der Waals surface area contributed by atoms with E-state index in [0.29, 0.717) is 6.04 Å². The van der Waals surface area contributed by atoms with E-state index in [1.807, 2.05) is 37.9 Å². The molecule has 1 aliphatic rings. The van der Waals surface area contributed by atoms with Crippen LogP contribution in [-0.2, 0) is 0 Å². The lowest BCUT2D eigenvalue weighted by Crippen LogP contribution is -2.41. The number of nitrogens with zero attached hydrogens (tertiary/aromatic N) is 1. The first kappa shape index (κ1) is 13.9. The third kappa shape index (κ3) is 3.49. The monoisotopic (exact) mass is 260 g/mol. The molecule has 3 nitrogen and oxygen atoms in total. The quantitative estimate of drug-likeness (QED) is 0.853. The number of hydrogen-bond acceptors (Lipinski definition) is 1. The Kier molecular flexibility index (Phi) is 4.46. The summed E-state index contributed by atoms with van der Waals surface area (Å²) in [6, 6.07) is 6.56. The van der Waals surface area contributed by atoms with E-state index >= 15 is 0 Å². The van der Waals surface area contributed by atoms with Crippen LogP contribution in [-0.4, -0.2) is 24.0 Å². The Hall–Kier alpha value is -1.51. The van der Waals surface area contributed by atoms with E-state index in [9.17, 15) is 4.79 Å². The molecule has 104 valence electrons. The molecule has 19 heavy (non-hydrogen) atoms. The normalized spacial score (nSPS) is 16.2. The van der Waals surface area contributed by atoms with Gasteiger partial charge in [-0.2, -0.15) is 0 Å². The van der Waals surface area contributed by atoms with Gasteiger partial charge >= 0.3 is 6.03 Å². The second kappa shape index (κ2) is 6.09. The molecule has 0 aromatic heterocycles. The number of nitrogens with one attached hydrogen (secondary N) is 1. The van der Waals surface area contributed by atoms with Crippen molar-refractivity contribution in [1.29, 1.82) is 0 Å². The highest BCUT2D eigenvalue weighted by atomic mass is 16.2. The van der Waals surface area contributed by atoms with Gasteiger partial charge in [-0.3, -0.25) is 0 Å². The number of aryl methyl sites for hydroxylation is 2. The molecule has 1 aromatic rings. The molecule has 0 saturated heterocycles. The molecule has 0 spiro atoms. The zero-order valence-electron chi connectivity index (χ0n) is 12.2. The molecule has 2 rings (SSSR count). The van der Waals surface area contributed by atoms with Gasteiger partial charge in [0.25, 0.3) is 0 Å². The van der Waals surface area contributed by atoms with Gasteiger partial charge in [0.2, 0.25) is 0 Å². The Balaban J connectivity index is 2.01. The smallest absolute Gasteiger partial charge is 0.321 e. The van der Waals surface area contributed by atoms with Gasteiger partial charge in [0, 0.05) is 18.8 Å². The van der Waals surface area contributed by atoms with Crippen molar-refractivity contribution >= 4 is 11.7 Å². The predicted octanol–water partition coefficient (Wildman–Crippen LogP) is 4.10. The fourth-order valence-corrected chi connectivity index (χ4v) is 2.71. The molecule has 1 saturated carbocycles. The van der Waals surface area contributed by atoms with Crippen LogP contribution in [0.4, 0.5) is 10.5 Å². The molecule has 1 aliphatic carbocycles. The zero-order valence-corrected chi connectivity index (χ0v) is 12.2. The van der Waals surface area contributed by atoms with Gasteiger partial charge in [0.05, 0.1) is 0 Å². The summed E-state index contributed by atoms with van der Waals surface area (Å²) in [6.07, 6.45) is 6.06. The van der Waals surface area contributed by atoms with Gasteiger partial charge in [-0.25, -0.2) is 4.79 Å². The van der Waals surface area contributed by atoms with Crippen molar-refractivity contribution in [2.75, 3.05) is 12.4 Å². The standard InChI is InChI=1S/C16H24N2O/c1-12-9-10-13(2)15(11-12)17-16(19)18(3)14-7-5-4-6-8-14/h9-11,14H,4-8H2,1-3H3,(H,17,19). The molecular formula is C16H24N2O. The van der Waals surface area contributed by atoms with Gasteiger partial charge in [-0.05, 0) is 43.9 Å². The Morgan fingerprint density at radius 1 is 1.21 bits per heavy atom. The van der Waals surface area contributed by atoms with Gasteiger partial charge in [0.1, 0.15) is 0 Å². The third-order valence-corrected chi connectivity index (χ3v) is 4.08. The lowest BCUT2D eigenvalue weighted by Gasteiger charge is -2.31. The van der Waals surface area contributed by atoms with E-state index in [2.05, 4.69) is 11.4 Å². The first-order valence-corrected chi connectivity index (χ1v) is 7.19. The number of hydrogen-bond donors (Lipinski definition) is 1. The number of benzene rings is 1. The lowest BCUT2D eigenvalue weighted by atomic mass is 9.95. The van der Waals surface area contributed by atoms with Crippen molar-refractivity contribution < 1.29 is 4.79 Å². The van der Waals surface area contributed by atoms with Crippen LogP contribution in [0.3, 0.4) is 0 Å². The van der Waals surface area contributed by atoms with Crippen molar-refractivity contribution in [2.24, 2.45) is 0 Å². The lowest BCUT2D eigenvalue weighted by molar-refractivity contribution is 0.186. The molecular weight excluding hydrogens is 236 g/mol. The molecule has 0 heterocycles. The van der Waals surface area contributed by atoms with Gasteiger partial charge < -0.3 is 10.2 Å². The van der Waals surface area contributed by atoms with E-state index in [4.69, 9.17) is 0 Å². The number of amides is 2. The maximum Gasteiger partial charge on any atom is 0.321 e. The summed E-state index contributed by atoms with van der Waals surface area (Å²) in [5, 5.41) is 3.04. The average molecular weight is 260 g/mol. The van der Waals surface area contributed by atoms with Gasteiger partial charge in [-0.15, -0.1) is 0 Å².